The summed E-state index contributed by atoms with van der Waals surface area (Å²) in [5, 5.41) is 0. The Morgan fingerprint density at radius 3 is 0.919 bits per heavy atom. The fourth-order valence-electron chi connectivity index (χ4n) is 3.43. The van der Waals surface area contributed by atoms with Crippen LogP contribution in [0.25, 0.3) is 0 Å². The molecular weight excluding hydrogens is 518 g/mol. The van der Waals surface area contributed by atoms with Gasteiger partial charge in [-0.2, -0.15) is 26.3 Å². The molecule has 0 aromatic rings. The third-order valence-electron chi connectivity index (χ3n) is 5.79. The van der Waals surface area contributed by atoms with Crippen LogP contribution in [-0.4, -0.2) is 44.2 Å². The van der Waals surface area contributed by atoms with Gasteiger partial charge in [-0.15, -0.1) is 0 Å². The molecule has 0 radical (unpaired) electrons. The van der Waals surface area contributed by atoms with Crippen molar-refractivity contribution in [2.75, 3.05) is 0 Å². The van der Waals surface area contributed by atoms with E-state index in [1.165, 1.54) is 0 Å². The van der Waals surface area contributed by atoms with Gasteiger partial charge in [0.05, 0.1) is 0 Å². The summed E-state index contributed by atoms with van der Waals surface area (Å²) >= 11 is 0. The highest BCUT2D eigenvalue weighted by Gasteiger charge is 2.56. The highest BCUT2D eigenvalue weighted by atomic mass is 19.3. The highest BCUT2D eigenvalue weighted by molar-refractivity contribution is 6.36. The van der Waals surface area contributed by atoms with Crippen molar-refractivity contribution in [3.05, 3.63) is 0 Å². The van der Waals surface area contributed by atoms with E-state index in [1.807, 2.05) is 20.8 Å². The summed E-state index contributed by atoms with van der Waals surface area (Å²) in [6.07, 6.45) is -21.0. The normalized spacial score (nSPS) is 15.6. The molecule has 3 atom stereocenters. The molecule has 0 aliphatic carbocycles. The van der Waals surface area contributed by atoms with Gasteiger partial charge in [-0.05, 0) is 19.3 Å². The Balaban J connectivity index is 5.48. The van der Waals surface area contributed by atoms with E-state index in [2.05, 4.69) is 14.0 Å². The monoisotopic (exact) mass is 560 g/mol. The number of hydrogen-bond acceptors (Lipinski definition) is 3. The number of halogens is 9. The molecule has 0 spiro atoms. The van der Waals surface area contributed by atoms with Gasteiger partial charge in [-0.1, -0.05) is 97.8 Å². The van der Waals surface area contributed by atoms with Gasteiger partial charge in [-0.25, -0.2) is 13.2 Å². The van der Waals surface area contributed by atoms with Crippen molar-refractivity contribution in [1.82, 2.24) is 0 Å². The molecule has 0 aromatic carbocycles. The van der Waals surface area contributed by atoms with Gasteiger partial charge < -0.3 is 14.0 Å². The molecule has 222 valence electrons. The smallest absolute Gasteiger partial charge is 0.324 e. The van der Waals surface area contributed by atoms with Crippen LogP contribution in [0.5, 0.6) is 0 Å². The first-order chi connectivity index (χ1) is 17.2. The zero-order valence-corrected chi connectivity index (χ0v) is 22.0. The molecule has 0 fully saturated rings. The second-order valence-corrected chi connectivity index (χ2v) is 9.28. The first kappa shape index (κ1) is 36.3. The van der Waals surface area contributed by atoms with Crippen molar-refractivity contribution in [2.24, 2.45) is 0 Å². The molecular formula is C24H42BF9O3. The van der Waals surface area contributed by atoms with Gasteiger partial charge in [0.15, 0.2) is 18.5 Å². The van der Waals surface area contributed by atoms with E-state index in [9.17, 15) is 39.5 Å². The summed E-state index contributed by atoms with van der Waals surface area (Å²) in [7, 11) is -3.64. The predicted molar refractivity (Wildman–Crippen MR) is 125 cm³/mol. The van der Waals surface area contributed by atoms with Crippen LogP contribution < -0.4 is 0 Å². The van der Waals surface area contributed by atoms with E-state index in [0.717, 1.165) is 19.3 Å². The Morgan fingerprint density at radius 1 is 0.459 bits per heavy atom. The zero-order valence-electron chi connectivity index (χ0n) is 22.0. The maximum atomic E-state index is 14.3. The quantitative estimate of drug-likeness (QED) is 0.0668. The zero-order chi connectivity index (χ0) is 28.5. The largest absolute Gasteiger partial charge is 0.652 e. The number of alkyl halides is 9. The molecule has 0 rings (SSSR count). The Bertz CT molecular complexity index is 498. The van der Waals surface area contributed by atoms with Gasteiger partial charge in [0.1, 0.15) is 0 Å². The summed E-state index contributed by atoms with van der Waals surface area (Å²) < 4.78 is 139. The molecule has 0 aliphatic rings. The molecule has 0 aliphatic heterocycles. The molecule has 0 N–H and O–H groups in total. The standard InChI is InChI=1S/C24H42BF9O3/c1-4-7-10-13-16-19(26)22(29,30)35-25(36-23(31,32)20(27)17-14-11-8-5-2)37-24(33,34)21(28)18-15-12-9-6-3/h19-21H,4-18H2,1-3H3. The summed E-state index contributed by atoms with van der Waals surface area (Å²) in [4.78, 5) is 0. The maximum Gasteiger partial charge on any atom is 0.652 e. The fourth-order valence-corrected chi connectivity index (χ4v) is 3.43. The van der Waals surface area contributed by atoms with Gasteiger partial charge >= 0.3 is 25.6 Å². The SMILES string of the molecule is CCCCCCC(F)C(F)(F)OB(OC(F)(F)C(F)CCCCCC)OC(F)(F)C(F)CCCCCC. The topological polar surface area (TPSA) is 27.7 Å². The van der Waals surface area contributed by atoms with Crippen LogP contribution in [-0.2, 0) is 14.0 Å². The van der Waals surface area contributed by atoms with Crippen LogP contribution in [0.15, 0.2) is 0 Å². The summed E-state index contributed by atoms with van der Waals surface area (Å²) in [6, 6.07) is 0. The Hall–Kier alpha value is -0.685. The molecule has 13 heteroatoms. The Labute approximate surface area is 215 Å². The molecule has 0 saturated heterocycles. The predicted octanol–water partition coefficient (Wildman–Crippen LogP) is 9.72. The van der Waals surface area contributed by atoms with E-state index < -0.39 is 63.4 Å². The van der Waals surface area contributed by atoms with Crippen molar-refractivity contribution in [2.45, 2.75) is 154 Å². The minimum absolute atomic E-state index is 0.0126. The second-order valence-electron chi connectivity index (χ2n) is 9.28. The number of unbranched alkanes of at least 4 members (excludes halogenated alkanes) is 9. The third-order valence-corrected chi connectivity index (χ3v) is 5.79. The van der Waals surface area contributed by atoms with E-state index in [-0.39, 0.29) is 19.3 Å². The van der Waals surface area contributed by atoms with Crippen LogP contribution in [0.3, 0.4) is 0 Å². The third kappa shape index (κ3) is 15.5. The second kappa shape index (κ2) is 18.6. The average Bonchev–Trinajstić information content (AvgIpc) is 2.80. The summed E-state index contributed by atoms with van der Waals surface area (Å²) in [5.41, 5.74) is 0. The molecule has 0 saturated carbocycles. The van der Waals surface area contributed by atoms with Gasteiger partial charge in [-0.3, -0.25) is 0 Å². The van der Waals surface area contributed by atoms with Crippen LogP contribution >= 0.6 is 0 Å². The van der Waals surface area contributed by atoms with Crippen molar-refractivity contribution in [3.63, 3.8) is 0 Å². The van der Waals surface area contributed by atoms with E-state index >= 15 is 0 Å². The van der Waals surface area contributed by atoms with Crippen molar-refractivity contribution < 1.29 is 53.5 Å². The van der Waals surface area contributed by atoms with Crippen LogP contribution in [0, 0.1) is 0 Å². The highest BCUT2D eigenvalue weighted by Crippen LogP contribution is 2.36. The first-order valence-corrected chi connectivity index (χ1v) is 13.3. The van der Waals surface area contributed by atoms with Crippen LogP contribution in [0.1, 0.15) is 117 Å². The first-order valence-electron chi connectivity index (χ1n) is 13.3. The summed E-state index contributed by atoms with van der Waals surface area (Å²) in [6.45, 7) is 5.48. The van der Waals surface area contributed by atoms with E-state index in [1.54, 1.807) is 0 Å². The lowest BCUT2D eigenvalue weighted by Crippen LogP contribution is -2.51. The van der Waals surface area contributed by atoms with Crippen molar-refractivity contribution in [3.8, 4) is 0 Å². The Morgan fingerprint density at radius 2 is 0.703 bits per heavy atom. The maximum absolute atomic E-state index is 14.3. The molecule has 0 aromatic heterocycles. The van der Waals surface area contributed by atoms with Gasteiger partial charge in [0.25, 0.3) is 0 Å². The lowest BCUT2D eigenvalue weighted by atomic mass is 10.1. The lowest BCUT2D eigenvalue weighted by Gasteiger charge is -2.30. The number of hydrogen-bond donors (Lipinski definition) is 0. The minimum atomic E-state index is -4.90. The molecule has 0 amide bonds. The lowest BCUT2D eigenvalue weighted by molar-refractivity contribution is -0.308. The van der Waals surface area contributed by atoms with Crippen molar-refractivity contribution >= 4 is 7.32 Å². The van der Waals surface area contributed by atoms with Gasteiger partial charge in [0, 0.05) is 0 Å². The molecule has 3 nitrogen and oxygen atoms in total. The minimum Gasteiger partial charge on any atom is -0.324 e. The van der Waals surface area contributed by atoms with Gasteiger partial charge in [0.2, 0.25) is 0 Å². The van der Waals surface area contributed by atoms with Crippen LogP contribution in [0.4, 0.5) is 39.5 Å². The molecule has 0 heterocycles. The fraction of sp³-hybridized carbons (Fsp3) is 1.00. The van der Waals surface area contributed by atoms with E-state index in [0.29, 0.717) is 38.5 Å². The molecule has 37 heavy (non-hydrogen) atoms. The molecule has 3 unspecified atom stereocenters. The van der Waals surface area contributed by atoms with Crippen LogP contribution in [0.2, 0.25) is 0 Å². The molecule has 0 bridgehead atoms. The van der Waals surface area contributed by atoms with E-state index in [4.69, 9.17) is 0 Å². The Kier molecular flexibility index (Phi) is 18.2. The number of rotatable bonds is 24. The summed E-state index contributed by atoms with van der Waals surface area (Å²) in [5.74, 6) is 0. The van der Waals surface area contributed by atoms with Crippen molar-refractivity contribution in [1.29, 1.82) is 0 Å². The average molecular weight is 560 g/mol.